The van der Waals surface area contributed by atoms with Gasteiger partial charge in [-0.15, -0.1) is 0 Å². The van der Waals surface area contributed by atoms with Crippen molar-refractivity contribution in [3.8, 4) is 0 Å². The van der Waals surface area contributed by atoms with Gasteiger partial charge in [0, 0.05) is 37.5 Å². The van der Waals surface area contributed by atoms with Crippen LogP contribution in [-0.4, -0.2) is 25.6 Å². The monoisotopic (exact) mass is 341 g/mol. The molecule has 2 aromatic rings. The molecule has 0 spiro atoms. The first-order valence-corrected chi connectivity index (χ1v) is 9.51. The van der Waals surface area contributed by atoms with E-state index in [4.69, 9.17) is 5.10 Å². The summed E-state index contributed by atoms with van der Waals surface area (Å²) in [5.74, 6) is 0. The second-order valence-electron chi connectivity index (χ2n) is 7.51. The summed E-state index contributed by atoms with van der Waals surface area (Å²) in [5, 5.41) is 12.6. The van der Waals surface area contributed by atoms with Gasteiger partial charge in [0.05, 0.1) is 17.9 Å². The van der Waals surface area contributed by atoms with Crippen LogP contribution in [0.1, 0.15) is 61.4 Å². The summed E-state index contributed by atoms with van der Waals surface area (Å²) in [6, 6.07) is 2.62. The lowest BCUT2D eigenvalue weighted by molar-refractivity contribution is 0.266. The number of aryl methyl sites for hydroxylation is 3. The number of hydrogen-bond acceptors (Lipinski definition) is 4. The third-order valence-electron chi connectivity index (χ3n) is 5.63. The molecule has 2 heterocycles. The zero-order chi connectivity index (χ0) is 17.2. The maximum atomic E-state index is 12.5. The maximum absolute atomic E-state index is 12.5. The summed E-state index contributed by atoms with van der Waals surface area (Å²) in [7, 11) is 1.94. The molecule has 0 atom stereocenters. The van der Waals surface area contributed by atoms with Crippen molar-refractivity contribution >= 4 is 0 Å². The zero-order valence-corrected chi connectivity index (χ0v) is 14.9. The average molecular weight is 341 g/mol. The van der Waals surface area contributed by atoms with Crippen molar-refractivity contribution < 1.29 is 0 Å². The highest BCUT2D eigenvalue weighted by Crippen LogP contribution is 2.28. The van der Waals surface area contributed by atoms with E-state index in [-0.39, 0.29) is 11.6 Å². The predicted molar refractivity (Wildman–Crippen MR) is 96.5 cm³/mol. The first-order chi connectivity index (χ1) is 12.2. The molecule has 134 valence electrons. The Morgan fingerprint density at radius 1 is 1.20 bits per heavy atom. The number of aromatic nitrogens is 4. The second-order valence-corrected chi connectivity index (χ2v) is 7.51. The minimum absolute atomic E-state index is 0.0902. The Morgan fingerprint density at radius 3 is 2.76 bits per heavy atom. The molecule has 0 bridgehead atoms. The predicted octanol–water partition coefficient (Wildman–Crippen LogP) is 2.13. The van der Waals surface area contributed by atoms with Crippen LogP contribution in [-0.2, 0) is 26.4 Å². The molecule has 2 aliphatic rings. The number of hydrogen-bond donors (Lipinski definition) is 1. The Kier molecular flexibility index (Phi) is 4.70. The van der Waals surface area contributed by atoms with E-state index in [9.17, 15) is 4.79 Å². The molecule has 25 heavy (non-hydrogen) atoms. The van der Waals surface area contributed by atoms with Crippen molar-refractivity contribution in [1.29, 1.82) is 0 Å². The van der Waals surface area contributed by atoms with Crippen molar-refractivity contribution in [2.24, 2.45) is 7.05 Å². The van der Waals surface area contributed by atoms with Gasteiger partial charge in [-0.2, -0.15) is 10.2 Å². The van der Waals surface area contributed by atoms with Gasteiger partial charge in [0.1, 0.15) is 0 Å². The van der Waals surface area contributed by atoms with Gasteiger partial charge in [-0.25, -0.2) is 4.68 Å². The van der Waals surface area contributed by atoms with Crippen LogP contribution in [0.15, 0.2) is 23.3 Å². The highest BCUT2D eigenvalue weighted by atomic mass is 16.1. The molecule has 0 aromatic carbocycles. The molecule has 0 radical (unpaired) electrons. The van der Waals surface area contributed by atoms with Crippen molar-refractivity contribution in [2.75, 3.05) is 0 Å². The van der Waals surface area contributed by atoms with Gasteiger partial charge in [-0.3, -0.25) is 9.48 Å². The zero-order valence-electron chi connectivity index (χ0n) is 14.9. The Hall–Kier alpha value is -1.95. The van der Waals surface area contributed by atoms with Crippen LogP contribution in [0.5, 0.6) is 0 Å². The summed E-state index contributed by atoms with van der Waals surface area (Å²) in [6.45, 7) is 0.861. The molecule has 2 aromatic heterocycles. The number of fused-ring (bicyclic) bond motifs is 1. The summed E-state index contributed by atoms with van der Waals surface area (Å²) < 4.78 is 3.61. The third kappa shape index (κ3) is 3.68. The molecule has 4 rings (SSSR count). The van der Waals surface area contributed by atoms with Gasteiger partial charge in [0.2, 0.25) is 0 Å². The molecule has 6 nitrogen and oxygen atoms in total. The van der Waals surface area contributed by atoms with Crippen LogP contribution in [0.3, 0.4) is 0 Å². The summed E-state index contributed by atoms with van der Waals surface area (Å²) in [6.07, 6.45) is 12.6. The fourth-order valence-electron chi connectivity index (χ4n) is 4.19. The topological polar surface area (TPSA) is 64.7 Å². The Morgan fingerprint density at radius 2 is 2.00 bits per heavy atom. The molecule has 2 aliphatic carbocycles. The highest BCUT2D eigenvalue weighted by molar-refractivity contribution is 5.20. The molecule has 1 saturated carbocycles. The van der Waals surface area contributed by atoms with Crippen molar-refractivity contribution in [3.63, 3.8) is 0 Å². The maximum Gasteiger partial charge on any atom is 0.267 e. The van der Waals surface area contributed by atoms with Gasteiger partial charge in [-0.05, 0) is 56.9 Å². The smallest absolute Gasteiger partial charge is 0.267 e. The highest BCUT2D eigenvalue weighted by Gasteiger charge is 2.24. The van der Waals surface area contributed by atoms with E-state index < -0.39 is 0 Å². The van der Waals surface area contributed by atoms with E-state index in [0.29, 0.717) is 6.04 Å². The Bertz CT molecular complexity index is 785. The van der Waals surface area contributed by atoms with Crippen LogP contribution in [0.2, 0.25) is 0 Å². The first kappa shape index (κ1) is 16.5. The quantitative estimate of drug-likeness (QED) is 0.925. The summed E-state index contributed by atoms with van der Waals surface area (Å²) in [4.78, 5) is 12.5. The summed E-state index contributed by atoms with van der Waals surface area (Å²) in [5.41, 5.74) is 3.65. The number of rotatable bonds is 4. The van der Waals surface area contributed by atoms with Gasteiger partial charge in [0.15, 0.2) is 0 Å². The molecular weight excluding hydrogens is 314 g/mol. The fourth-order valence-corrected chi connectivity index (χ4v) is 4.19. The van der Waals surface area contributed by atoms with E-state index in [0.717, 1.165) is 50.8 Å². The third-order valence-corrected chi connectivity index (χ3v) is 5.63. The SMILES string of the molecule is Cn1cc(CNC2CCC(n3nc4c(cc3=O)CCCC4)CC2)cn1. The number of nitrogens with one attached hydrogen (secondary N) is 1. The Balaban J connectivity index is 1.36. The van der Waals surface area contributed by atoms with Crippen molar-refractivity contribution in [1.82, 2.24) is 24.9 Å². The van der Waals surface area contributed by atoms with Crippen molar-refractivity contribution in [3.05, 3.63) is 45.6 Å². The molecule has 1 fully saturated rings. The average Bonchev–Trinajstić information content (AvgIpc) is 3.05. The summed E-state index contributed by atoms with van der Waals surface area (Å²) >= 11 is 0. The second kappa shape index (κ2) is 7.12. The first-order valence-electron chi connectivity index (χ1n) is 9.51. The van der Waals surface area contributed by atoms with E-state index in [1.807, 2.05) is 24.0 Å². The van der Waals surface area contributed by atoms with Gasteiger partial charge < -0.3 is 5.32 Å². The lowest BCUT2D eigenvalue weighted by Gasteiger charge is -2.30. The number of nitrogens with zero attached hydrogens (tertiary/aromatic N) is 4. The van der Waals surface area contributed by atoms with E-state index in [2.05, 4.69) is 16.6 Å². The molecule has 6 heteroatoms. The van der Waals surface area contributed by atoms with Gasteiger partial charge in [0.25, 0.3) is 5.56 Å². The molecule has 0 unspecified atom stereocenters. The van der Waals surface area contributed by atoms with E-state index in [1.54, 1.807) is 4.68 Å². The molecule has 0 aliphatic heterocycles. The lowest BCUT2D eigenvalue weighted by atomic mass is 9.91. The van der Waals surface area contributed by atoms with Crippen LogP contribution < -0.4 is 10.9 Å². The standard InChI is InChI=1S/C19H27N5O/c1-23-13-14(12-21-23)11-20-16-6-8-17(9-7-16)24-19(25)10-15-4-2-3-5-18(15)22-24/h10,12-13,16-17,20H,2-9,11H2,1H3. The Labute approximate surface area is 148 Å². The molecule has 0 saturated heterocycles. The van der Waals surface area contributed by atoms with E-state index >= 15 is 0 Å². The normalized spacial score (nSPS) is 23.4. The van der Waals surface area contributed by atoms with Crippen LogP contribution in [0.4, 0.5) is 0 Å². The van der Waals surface area contributed by atoms with Gasteiger partial charge in [-0.1, -0.05) is 0 Å². The van der Waals surface area contributed by atoms with Crippen molar-refractivity contribution in [2.45, 2.75) is 70.0 Å². The van der Waals surface area contributed by atoms with Crippen LogP contribution in [0, 0.1) is 0 Å². The minimum Gasteiger partial charge on any atom is -0.310 e. The minimum atomic E-state index is 0.0902. The lowest BCUT2D eigenvalue weighted by Crippen LogP contribution is -2.37. The van der Waals surface area contributed by atoms with E-state index in [1.165, 1.54) is 24.0 Å². The molecule has 0 amide bonds. The molecular formula is C19H27N5O. The van der Waals surface area contributed by atoms with Crippen LogP contribution >= 0.6 is 0 Å². The fraction of sp³-hybridized carbons (Fsp3) is 0.632. The largest absolute Gasteiger partial charge is 0.310 e. The van der Waals surface area contributed by atoms with Crippen LogP contribution in [0.25, 0.3) is 0 Å². The van der Waals surface area contributed by atoms with Gasteiger partial charge >= 0.3 is 0 Å². The molecule has 1 N–H and O–H groups in total.